The van der Waals surface area contributed by atoms with E-state index in [4.69, 9.17) is 5.26 Å². The summed E-state index contributed by atoms with van der Waals surface area (Å²) in [6, 6.07) is 4.61. The number of hydrogen-bond donors (Lipinski definition) is 0. The number of pyridine rings is 1. The number of nitrogens with zero attached hydrogens (tertiary/aromatic N) is 3. The van der Waals surface area contributed by atoms with Crippen LogP contribution in [0.15, 0.2) is 23.2 Å². The van der Waals surface area contributed by atoms with Crippen LogP contribution in [0, 0.1) is 11.3 Å². The maximum atomic E-state index is 12.3. The van der Waals surface area contributed by atoms with E-state index in [-0.39, 0.29) is 16.6 Å². The van der Waals surface area contributed by atoms with Gasteiger partial charge in [0.2, 0.25) is 10.0 Å². The molecule has 0 saturated carbocycles. The minimum Gasteiger partial charge on any atom is -0.244 e. The average molecular weight is 299 g/mol. The lowest BCUT2D eigenvalue weighted by molar-refractivity contribution is 0.382. The van der Waals surface area contributed by atoms with Crippen LogP contribution >= 0.6 is 11.8 Å². The highest BCUT2D eigenvalue weighted by Crippen LogP contribution is 2.18. The van der Waals surface area contributed by atoms with Crippen molar-refractivity contribution in [2.24, 2.45) is 0 Å². The van der Waals surface area contributed by atoms with Gasteiger partial charge >= 0.3 is 0 Å². The molecule has 0 spiro atoms. The van der Waals surface area contributed by atoms with Crippen molar-refractivity contribution in [3.05, 3.63) is 24.0 Å². The monoisotopic (exact) mass is 299 g/mol. The van der Waals surface area contributed by atoms with Crippen LogP contribution in [0.1, 0.15) is 19.0 Å². The van der Waals surface area contributed by atoms with Gasteiger partial charge in [-0.05, 0) is 37.5 Å². The van der Waals surface area contributed by atoms with E-state index in [1.165, 1.54) is 22.6 Å². The van der Waals surface area contributed by atoms with Crippen molar-refractivity contribution in [3.8, 4) is 6.07 Å². The van der Waals surface area contributed by atoms with Crippen LogP contribution in [-0.2, 0) is 10.0 Å². The first-order valence-electron chi connectivity index (χ1n) is 5.76. The predicted molar refractivity (Wildman–Crippen MR) is 76.4 cm³/mol. The van der Waals surface area contributed by atoms with Crippen LogP contribution in [0.2, 0.25) is 0 Å². The fraction of sp³-hybridized carbons (Fsp3) is 0.500. The zero-order valence-corrected chi connectivity index (χ0v) is 12.8. The van der Waals surface area contributed by atoms with Gasteiger partial charge < -0.3 is 0 Å². The van der Waals surface area contributed by atoms with Crippen molar-refractivity contribution < 1.29 is 8.42 Å². The van der Waals surface area contributed by atoms with Gasteiger partial charge in [0.15, 0.2) is 0 Å². The first-order chi connectivity index (χ1) is 8.93. The minimum atomic E-state index is -3.54. The highest BCUT2D eigenvalue weighted by Gasteiger charge is 2.25. The summed E-state index contributed by atoms with van der Waals surface area (Å²) in [5.41, 5.74) is 0.206. The highest BCUT2D eigenvalue weighted by molar-refractivity contribution is 7.98. The summed E-state index contributed by atoms with van der Waals surface area (Å²) in [7, 11) is -1.97. The van der Waals surface area contributed by atoms with Crippen molar-refractivity contribution in [1.82, 2.24) is 9.29 Å². The van der Waals surface area contributed by atoms with E-state index >= 15 is 0 Å². The molecule has 1 atom stereocenters. The van der Waals surface area contributed by atoms with E-state index in [1.807, 2.05) is 19.2 Å². The standard InChI is InChI=1S/C12H17N3O2S2/c1-10(6-7-18-3)15(2)19(16,17)12-5-4-11(8-13)14-9-12/h4-5,9-10H,6-7H2,1-3H3. The smallest absolute Gasteiger partial charge is 0.244 e. The van der Waals surface area contributed by atoms with Gasteiger partial charge in [-0.2, -0.15) is 21.3 Å². The quantitative estimate of drug-likeness (QED) is 0.799. The van der Waals surface area contributed by atoms with Crippen molar-refractivity contribution >= 4 is 21.8 Å². The third-order valence-electron chi connectivity index (χ3n) is 2.89. The van der Waals surface area contributed by atoms with E-state index in [0.717, 1.165) is 12.2 Å². The van der Waals surface area contributed by atoms with Crippen LogP contribution in [0.25, 0.3) is 0 Å². The summed E-state index contributed by atoms with van der Waals surface area (Å²) in [6.07, 6.45) is 4.01. The first-order valence-corrected chi connectivity index (χ1v) is 8.60. The van der Waals surface area contributed by atoms with E-state index in [2.05, 4.69) is 4.98 Å². The molecule has 0 fully saturated rings. The van der Waals surface area contributed by atoms with Gasteiger partial charge in [-0.15, -0.1) is 0 Å². The third-order valence-corrected chi connectivity index (χ3v) is 5.49. The molecule has 0 amide bonds. The first kappa shape index (κ1) is 16.0. The summed E-state index contributed by atoms with van der Waals surface area (Å²) < 4.78 is 26.0. The van der Waals surface area contributed by atoms with Gasteiger partial charge in [0, 0.05) is 19.3 Å². The lowest BCUT2D eigenvalue weighted by atomic mass is 10.3. The molecule has 0 aliphatic heterocycles. The second-order valence-corrected chi connectivity index (χ2v) is 7.13. The SMILES string of the molecule is CSCCC(C)N(C)S(=O)(=O)c1ccc(C#N)nc1. The molecular weight excluding hydrogens is 282 g/mol. The number of nitriles is 1. The van der Waals surface area contributed by atoms with Crippen LogP contribution in [0.4, 0.5) is 0 Å². The molecule has 1 unspecified atom stereocenters. The molecule has 7 heteroatoms. The lowest BCUT2D eigenvalue weighted by Crippen LogP contribution is -2.35. The van der Waals surface area contributed by atoms with Gasteiger partial charge in [0.25, 0.3) is 0 Å². The lowest BCUT2D eigenvalue weighted by Gasteiger charge is -2.23. The fourth-order valence-electron chi connectivity index (χ4n) is 1.47. The molecule has 0 aliphatic rings. The average Bonchev–Trinajstić information content (AvgIpc) is 2.43. The van der Waals surface area contributed by atoms with Crippen LogP contribution < -0.4 is 0 Å². The number of thioether (sulfide) groups is 1. The molecule has 0 radical (unpaired) electrons. The van der Waals surface area contributed by atoms with Gasteiger partial charge in [-0.1, -0.05) is 0 Å². The zero-order valence-electron chi connectivity index (χ0n) is 11.2. The number of hydrogen-bond acceptors (Lipinski definition) is 5. The predicted octanol–water partition coefficient (Wildman–Crippen LogP) is 1.72. The molecule has 1 heterocycles. The largest absolute Gasteiger partial charge is 0.244 e. The maximum absolute atomic E-state index is 12.3. The molecule has 0 N–H and O–H groups in total. The zero-order chi connectivity index (χ0) is 14.5. The van der Waals surface area contributed by atoms with Crippen LogP contribution in [0.5, 0.6) is 0 Å². The van der Waals surface area contributed by atoms with Gasteiger partial charge in [-0.3, -0.25) is 0 Å². The maximum Gasteiger partial charge on any atom is 0.244 e. The number of rotatable bonds is 6. The number of aromatic nitrogens is 1. The van der Waals surface area contributed by atoms with Crippen LogP contribution in [0.3, 0.4) is 0 Å². The fourth-order valence-corrected chi connectivity index (χ4v) is 3.39. The van der Waals surface area contributed by atoms with Crippen LogP contribution in [-0.4, -0.2) is 42.8 Å². The Hall–Kier alpha value is -1.10. The molecule has 1 aromatic rings. The minimum absolute atomic E-state index is 0.0758. The molecule has 5 nitrogen and oxygen atoms in total. The van der Waals surface area contributed by atoms with Crippen molar-refractivity contribution in [2.45, 2.75) is 24.3 Å². The Morgan fingerprint density at radius 1 is 1.53 bits per heavy atom. The Labute approximate surface area is 118 Å². The summed E-state index contributed by atoms with van der Waals surface area (Å²) in [5, 5.41) is 8.65. The Balaban J connectivity index is 2.93. The summed E-state index contributed by atoms with van der Waals surface area (Å²) >= 11 is 1.69. The topological polar surface area (TPSA) is 74.1 Å². The van der Waals surface area contributed by atoms with E-state index < -0.39 is 10.0 Å². The molecule has 0 saturated heterocycles. The molecule has 0 aromatic carbocycles. The second-order valence-electron chi connectivity index (χ2n) is 4.14. The van der Waals surface area contributed by atoms with Gasteiger partial charge in [-0.25, -0.2) is 13.4 Å². The van der Waals surface area contributed by atoms with E-state index in [1.54, 1.807) is 18.8 Å². The third kappa shape index (κ3) is 3.93. The summed E-state index contributed by atoms with van der Waals surface area (Å²) in [6.45, 7) is 1.88. The molecule has 1 aromatic heterocycles. The van der Waals surface area contributed by atoms with Crippen molar-refractivity contribution in [3.63, 3.8) is 0 Å². The molecule has 0 bridgehead atoms. The summed E-state index contributed by atoms with van der Waals surface area (Å²) in [4.78, 5) is 3.91. The highest BCUT2D eigenvalue weighted by atomic mass is 32.2. The Morgan fingerprint density at radius 2 is 2.21 bits per heavy atom. The molecule has 104 valence electrons. The van der Waals surface area contributed by atoms with Crippen molar-refractivity contribution in [1.29, 1.82) is 5.26 Å². The Morgan fingerprint density at radius 3 is 2.68 bits per heavy atom. The van der Waals surface area contributed by atoms with E-state index in [9.17, 15) is 8.42 Å². The molecule has 0 aliphatic carbocycles. The van der Waals surface area contributed by atoms with Gasteiger partial charge in [0.1, 0.15) is 16.7 Å². The summed E-state index contributed by atoms with van der Waals surface area (Å²) in [5.74, 6) is 0.909. The Bertz CT molecular complexity index is 549. The van der Waals surface area contributed by atoms with Crippen molar-refractivity contribution in [2.75, 3.05) is 19.1 Å². The molecule has 1 rings (SSSR count). The molecular formula is C12H17N3O2S2. The number of sulfonamides is 1. The normalized spacial score (nSPS) is 13.2. The second kappa shape index (κ2) is 6.89. The Kier molecular flexibility index (Phi) is 5.79. The van der Waals surface area contributed by atoms with Gasteiger partial charge in [0.05, 0.1) is 0 Å². The van der Waals surface area contributed by atoms with E-state index in [0.29, 0.717) is 0 Å². The molecule has 19 heavy (non-hydrogen) atoms.